The summed E-state index contributed by atoms with van der Waals surface area (Å²) in [5.41, 5.74) is 2.92. The molecule has 0 N–H and O–H groups in total. The molecule has 0 aliphatic carbocycles. The van der Waals surface area contributed by atoms with Gasteiger partial charge in [0.1, 0.15) is 0 Å². The van der Waals surface area contributed by atoms with Gasteiger partial charge in [-0.1, -0.05) is 41.4 Å². The second kappa shape index (κ2) is 6.62. The summed E-state index contributed by atoms with van der Waals surface area (Å²) >= 11 is 6.06. The Hall–Kier alpha value is -2.17. The molecule has 1 aliphatic heterocycles. The van der Waals surface area contributed by atoms with Crippen LogP contribution >= 0.6 is 11.6 Å². The van der Waals surface area contributed by atoms with E-state index in [9.17, 15) is 0 Å². The van der Waals surface area contributed by atoms with Crippen molar-refractivity contribution >= 4 is 11.6 Å². The summed E-state index contributed by atoms with van der Waals surface area (Å²) in [5.74, 6) is 1.20. The predicted octanol–water partition coefficient (Wildman–Crippen LogP) is 4.79. The third kappa shape index (κ3) is 3.08. The molecule has 4 rings (SSSR count). The highest BCUT2D eigenvalue weighted by Crippen LogP contribution is 2.41. The Morgan fingerprint density at radius 3 is 2.48 bits per heavy atom. The van der Waals surface area contributed by atoms with Crippen LogP contribution in [0.25, 0.3) is 11.5 Å². The van der Waals surface area contributed by atoms with Crippen LogP contribution in [-0.2, 0) is 10.2 Å². The lowest BCUT2D eigenvalue weighted by molar-refractivity contribution is 0.0546. The smallest absolute Gasteiger partial charge is 0.247 e. The lowest BCUT2D eigenvalue weighted by Gasteiger charge is -2.34. The maximum Gasteiger partial charge on any atom is 0.247 e. The highest BCUT2D eigenvalue weighted by molar-refractivity contribution is 6.30. The summed E-state index contributed by atoms with van der Waals surface area (Å²) in [7, 11) is 0. The van der Waals surface area contributed by atoms with Gasteiger partial charge in [0.05, 0.1) is 5.41 Å². The number of ether oxygens (including phenoxy) is 1. The minimum Gasteiger partial charge on any atom is -0.420 e. The molecule has 128 valence electrons. The number of hydrogen-bond acceptors (Lipinski definition) is 4. The minimum atomic E-state index is -0.322. The second-order valence-corrected chi connectivity index (χ2v) is 6.92. The number of rotatable bonds is 3. The van der Waals surface area contributed by atoms with E-state index < -0.39 is 0 Å². The zero-order chi connectivity index (χ0) is 17.3. The van der Waals surface area contributed by atoms with E-state index in [0.29, 0.717) is 25.0 Å². The van der Waals surface area contributed by atoms with Gasteiger partial charge in [0.25, 0.3) is 0 Å². The van der Waals surface area contributed by atoms with E-state index in [1.54, 1.807) is 0 Å². The fourth-order valence-electron chi connectivity index (χ4n) is 3.43. The Balaban J connectivity index is 1.77. The molecule has 25 heavy (non-hydrogen) atoms. The first-order valence-corrected chi connectivity index (χ1v) is 8.80. The summed E-state index contributed by atoms with van der Waals surface area (Å²) in [6, 6.07) is 16.0. The van der Waals surface area contributed by atoms with Gasteiger partial charge in [-0.2, -0.15) is 0 Å². The molecule has 0 atom stereocenters. The summed E-state index contributed by atoms with van der Waals surface area (Å²) in [6.07, 6.45) is 1.62. The average molecular weight is 355 g/mol. The van der Waals surface area contributed by atoms with Gasteiger partial charge in [0.2, 0.25) is 11.8 Å². The molecular formula is C20H19ClN2O2. The first kappa shape index (κ1) is 16.3. The zero-order valence-corrected chi connectivity index (χ0v) is 14.8. The molecule has 0 unspecified atom stereocenters. The quantitative estimate of drug-likeness (QED) is 0.678. The highest BCUT2D eigenvalue weighted by Gasteiger charge is 2.41. The summed E-state index contributed by atoms with van der Waals surface area (Å²) < 4.78 is 11.7. The Kier molecular flexibility index (Phi) is 4.32. The van der Waals surface area contributed by atoms with Crippen LogP contribution in [0.5, 0.6) is 0 Å². The average Bonchev–Trinajstić information content (AvgIpc) is 3.14. The van der Waals surface area contributed by atoms with Crippen molar-refractivity contribution in [3.63, 3.8) is 0 Å². The van der Waals surface area contributed by atoms with Crippen molar-refractivity contribution in [1.82, 2.24) is 10.2 Å². The molecule has 3 aromatic rings. The molecule has 2 heterocycles. The first-order chi connectivity index (χ1) is 12.2. The van der Waals surface area contributed by atoms with Gasteiger partial charge in [-0.25, -0.2) is 0 Å². The highest BCUT2D eigenvalue weighted by atomic mass is 35.5. The van der Waals surface area contributed by atoms with Crippen LogP contribution in [-0.4, -0.2) is 23.4 Å². The lowest BCUT2D eigenvalue weighted by atomic mass is 9.74. The van der Waals surface area contributed by atoms with Gasteiger partial charge in [0.15, 0.2) is 0 Å². The van der Waals surface area contributed by atoms with Gasteiger partial charge < -0.3 is 9.15 Å². The van der Waals surface area contributed by atoms with Crippen molar-refractivity contribution in [3.05, 3.63) is 70.6 Å². The molecular weight excluding hydrogens is 336 g/mol. The van der Waals surface area contributed by atoms with Crippen molar-refractivity contribution in [2.75, 3.05) is 13.2 Å². The molecule has 0 spiro atoms. The normalized spacial score (nSPS) is 16.7. The van der Waals surface area contributed by atoms with Gasteiger partial charge in [-0.15, -0.1) is 10.2 Å². The third-order valence-corrected chi connectivity index (χ3v) is 5.09. The lowest BCUT2D eigenvalue weighted by Crippen LogP contribution is -2.35. The van der Waals surface area contributed by atoms with Crippen molar-refractivity contribution in [2.24, 2.45) is 0 Å². The molecule has 1 aromatic heterocycles. The third-order valence-electron chi connectivity index (χ3n) is 4.84. The summed E-state index contributed by atoms with van der Waals surface area (Å²) in [5, 5.41) is 9.44. The molecule has 0 radical (unpaired) electrons. The van der Waals surface area contributed by atoms with Crippen LogP contribution in [0.1, 0.15) is 29.9 Å². The van der Waals surface area contributed by atoms with Crippen LogP contribution in [0, 0.1) is 6.92 Å². The molecule has 0 saturated carbocycles. The molecule has 2 aromatic carbocycles. The van der Waals surface area contributed by atoms with Crippen molar-refractivity contribution in [2.45, 2.75) is 25.2 Å². The van der Waals surface area contributed by atoms with E-state index >= 15 is 0 Å². The van der Waals surface area contributed by atoms with Crippen LogP contribution in [0.3, 0.4) is 0 Å². The standard InChI is InChI=1S/C20H19ClN2O2/c1-14-3-2-4-15(13-14)18-22-23-19(25-18)20(9-11-24-12-10-20)16-5-7-17(21)8-6-16/h2-8,13H,9-12H2,1H3. The van der Waals surface area contributed by atoms with Gasteiger partial charge in [0, 0.05) is 23.8 Å². The van der Waals surface area contributed by atoms with E-state index in [1.165, 1.54) is 0 Å². The number of halogens is 1. The molecule has 4 nitrogen and oxygen atoms in total. The molecule has 1 fully saturated rings. The van der Waals surface area contributed by atoms with E-state index in [2.05, 4.69) is 29.3 Å². The largest absolute Gasteiger partial charge is 0.420 e. The van der Waals surface area contributed by atoms with E-state index in [0.717, 1.165) is 34.6 Å². The van der Waals surface area contributed by atoms with Crippen molar-refractivity contribution < 1.29 is 9.15 Å². The Morgan fingerprint density at radius 1 is 1.00 bits per heavy atom. The topological polar surface area (TPSA) is 48.2 Å². The predicted molar refractivity (Wildman–Crippen MR) is 96.8 cm³/mol. The van der Waals surface area contributed by atoms with E-state index in [1.807, 2.05) is 36.4 Å². The van der Waals surface area contributed by atoms with Gasteiger partial charge in [-0.05, 0) is 49.6 Å². The molecule has 1 saturated heterocycles. The van der Waals surface area contributed by atoms with Gasteiger partial charge >= 0.3 is 0 Å². The SMILES string of the molecule is Cc1cccc(-c2nnc(C3(c4ccc(Cl)cc4)CCOCC3)o2)c1. The first-order valence-electron chi connectivity index (χ1n) is 8.42. The maximum atomic E-state index is 6.14. The number of nitrogens with zero attached hydrogens (tertiary/aromatic N) is 2. The number of hydrogen-bond donors (Lipinski definition) is 0. The Labute approximate surface area is 151 Å². The molecule has 0 bridgehead atoms. The fourth-order valence-corrected chi connectivity index (χ4v) is 3.55. The Bertz CT molecular complexity index is 867. The van der Waals surface area contributed by atoms with E-state index in [-0.39, 0.29) is 5.41 Å². The number of aromatic nitrogens is 2. The Morgan fingerprint density at radius 2 is 1.76 bits per heavy atom. The molecule has 1 aliphatic rings. The van der Waals surface area contributed by atoms with E-state index in [4.69, 9.17) is 20.8 Å². The van der Waals surface area contributed by atoms with Crippen LogP contribution in [0.15, 0.2) is 52.9 Å². The van der Waals surface area contributed by atoms with Crippen LogP contribution < -0.4 is 0 Å². The maximum absolute atomic E-state index is 6.14. The number of aryl methyl sites for hydroxylation is 1. The molecule has 0 amide bonds. The van der Waals surface area contributed by atoms with Crippen LogP contribution in [0.2, 0.25) is 5.02 Å². The summed E-state index contributed by atoms with van der Waals surface area (Å²) in [6.45, 7) is 3.39. The summed E-state index contributed by atoms with van der Waals surface area (Å²) in [4.78, 5) is 0. The van der Waals surface area contributed by atoms with Gasteiger partial charge in [-0.3, -0.25) is 0 Å². The van der Waals surface area contributed by atoms with Crippen molar-refractivity contribution in [3.8, 4) is 11.5 Å². The molecule has 5 heteroatoms. The van der Waals surface area contributed by atoms with Crippen molar-refractivity contribution in [1.29, 1.82) is 0 Å². The number of benzene rings is 2. The zero-order valence-electron chi connectivity index (χ0n) is 14.0. The van der Waals surface area contributed by atoms with Crippen LogP contribution in [0.4, 0.5) is 0 Å². The minimum absolute atomic E-state index is 0.322. The second-order valence-electron chi connectivity index (χ2n) is 6.48. The fraction of sp³-hybridized carbons (Fsp3) is 0.300. The monoisotopic (exact) mass is 354 g/mol.